The van der Waals surface area contributed by atoms with Crippen molar-refractivity contribution < 1.29 is 41.9 Å². The second-order valence-electron chi connectivity index (χ2n) is 16.7. The van der Waals surface area contributed by atoms with Gasteiger partial charge in [0.05, 0.1) is 29.4 Å². The van der Waals surface area contributed by atoms with Crippen LogP contribution in [0.2, 0.25) is 0 Å². The Labute approximate surface area is 385 Å². The highest BCUT2D eigenvalue weighted by Crippen LogP contribution is 2.25. The number of carbonyl (C=O) groups excluding carboxylic acids is 6. The number of carbonyl (C=O) groups is 6. The minimum atomic E-state index is -4.07. The number of rotatable bonds is 19. The van der Waals surface area contributed by atoms with Crippen LogP contribution in [0.4, 0.5) is 9.59 Å². The summed E-state index contributed by atoms with van der Waals surface area (Å²) in [6, 6.07) is 29.9. The number of urea groups is 1. The molecular formula is C48H58N8O9S. The van der Waals surface area contributed by atoms with Crippen LogP contribution < -0.4 is 31.4 Å². The highest BCUT2D eigenvalue weighted by Gasteiger charge is 2.44. The first kappa shape index (κ1) is 50.1. The molecule has 4 aromatic carbocycles. The number of amides is 6. The molecule has 0 radical (unpaired) electrons. The predicted molar refractivity (Wildman–Crippen MR) is 248 cm³/mol. The molecule has 17 nitrogen and oxygen atoms in total. The van der Waals surface area contributed by atoms with Crippen molar-refractivity contribution in [1.29, 1.82) is 0 Å². The minimum Gasteiger partial charge on any atom is -0.444 e. The summed E-state index contributed by atoms with van der Waals surface area (Å²) in [4.78, 5) is 83.3. The number of likely N-dealkylation sites (N-methyl/N-ethyl adjacent to an activating group) is 1. The van der Waals surface area contributed by atoms with E-state index in [4.69, 9.17) is 4.74 Å². The van der Waals surface area contributed by atoms with Crippen molar-refractivity contribution in [1.82, 2.24) is 36.3 Å². The van der Waals surface area contributed by atoms with Crippen LogP contribution in [0.3, 0.4) is 0 Å². The van der Waals surface area contributed by atoms with Gasteiger partial charge < -0.3 is 26.0 Å². The Hall–Kier alpha value is -6.92. The van der Waals surface area contributed by atoms with Gasteiger partial charge in [-0.25, -0.2) is 28.2 Å². The molecule has 0 aliphatic carbocycles. The van der Waals surface area contributed by atoms with E-state index in [1.165, 1.54) is 19.2 Å². The highest BCUT2D eigenvalue weighted by atomic mass is 32.2. The van der Waals surface area contributed by atoms with Crippen LogP contribution in [0.15, 0.2) is 131 Å². The Bertz CT molecular complexity index is 2400. The maximum atomic E-state index is 14.4. The first-order chi connectivity index (χ1) is 31.5. The maximum Gasteiger partial charge on any atom is 0.411 e. The Balaban J connectivity index is 1.43. The van der Waals surface area contributed by atoms with Gasteiger partial charge in [-0.05, 0) is 62.4 Å². The van der Waals surface area contributed by atoms with Crippen molar-refractivity contribution in [2.45, 2.75) is 94.0 Å². The van der Waals surface area contributed by atoms with Gasteiger partial charge in [0.2, 0.25) is 21.8 Å². The Morgan fingerprint density at radius 2 is 1.33 bits per heavy atom. The Morgan fingerprint density at radius 3 is 1.86 bits per heavy atom. The molecule has 4 atom stereocenters. The largest absolute Gasteiger partial charge is 0.444 e. The van der Waals surface area contributed by atoms with Gasteiger partial charge in [-0.15, -0.1) is 0 Å². The minimum absolute atomic E-state index is 0.00492. The molecule has 4 aromatic rings. The molecule has 350 valence electrons. The molecule has 0 spiro atoms. The monoisotopic (exact) mass is 922 g/mol. The fourth-order valence-corrected chi connectivity index (χ4v) is 8.68. The third kappa shape index (κ3) is 14.3. The van der Waals surface area contributed by atoms with Crippen molar-refractivity contribution in [2.24, 2.45) is 5.10 Å². The average molecular weight is 923 g/mol. The van der Waals surface area contributed by atoms with Gasteiger partial charge >= 0.3 is 12.1 Å². The number of ketones is 1. The van der Waals surface area contributed by atoms with Gasteiger partial charge in [-0.3, -0.25) is 24.1 Å². The van der Waals surface area contributed by atoms with Crippen LogP contribution in [0.1, 0.15) is 82.0 Å². The quantitative estimate of drug-likeness (QED) is 0.0566. The molecule has 1 heterocycles. The molecule has 1 saturated heterocycles. The molecule has 66 heavy (non-hydrogen) atoms. The van der Waals surface area contributed by atoms with Gasteiger partial charge in [0.1, 0.15) is 17.4 Å². The Kier molecular flexibility index (Phi) is 17.7. The van der Waals surface area contributed by atoms with Gasteiger partial charge in [0, 0.05) is 26.1 Å². The molecular weight excluding hydrogens is 865 g/mol. The summed E-state index contributed by atoms with van der Waals surface area (Å²) >= 11 is 0. The summed E-state index contributed by atoms with van der Waals surface area (Å²) in [7, 11) is -2.60. The lowest BCUT2D eigenvalue weighted by molar-refractivity contribution is -0.126. The van der Waals surface area contributed by atoms with E-state index in [2.05, 4.69) is 36.5 Å². The van der Waals surface area contributed by atoms with Gasteiger partial charge in [-0.1, -0.05) is 123 Å². The number of sulfonamides is 1. The van der Waals surface area contributed by atoms with E-state index < -0.39 is 87.9 Å². The summed E-state index contributed by atoms with van der Waals surface area (Å²) in [6.07, 6.45) is -0.780. The van der Waals surface area contributed by atoms with E-state index in [1.54, 1.807) is 76.2 Å². The third-order valence-electron chi connectivity index (χ3n) is 10.5. The van der Waals surface area contributed by atoms with Crippen LogP contribution in [-0.4, -0.2) is 98.5 Å². The first-order valence-corrected chi connectivity index (χ1v) is 23.2. The zero-order valence-corrected chi connectivity index (χ0v) is 38.5. The van der Waals surface area contributed by atoms with Crippen molar-refractivity contribution in [2.75, 3.05) is 20.1 Å². The van der Waals surface area contributed by atoms with E-state index in [0.717, 1.165) is 16.0 Å². The van der Waals surface area contributed by atoms with Crippen LogP contribution >= 0.6 is 0 Å². The molecule has 0 saturated carbocycles. The summed E-state index contributed by atoms with van der Waals surface area (Å²) in [5.41, 5.74) is 3.19. The fraction of sp³-hybridized carbons (Fsp3) is 0.354. The predicted octanol–water partition coefficient (Wildman–Crippen LogP) is 4.68. The zero-order chi connectivity index (χ0) is 47.9. The molecule has 18 heteroatoms. The highest BCUT2D eigenvalue weighted by molar-refractivity contribution is 7.89. The molecule has 0 aromatic heterocycles. The van der Waals surface area contributed by atoms with Crippen LogP contribution in [0.5, 0.6) is 0 Å². The summed E-state index contributed by atoms with van der Waals surface area (Å²) < 4.78 is 34.9. The first-order valence-electron chi connectivity index (χ1n) is 21.7. The summed E-state index contributed by atoms with van der Waals surface area (Å²) in [6.45, 7) is 6.01. The maximum absolute atomic E-state index is 14.4. The molecule has 6 amide bonds. The second-order valence-corrected chi connectivity index (χ2v) is 18.4. The zero-order valence-electron chi connectivity index (χ0n) is 37.7. The third-order valence-corrected chi connectivity index (χ3v) is 12.1. The van der Waals surface area contributed by atoms with Gasteiger partial charge in [-0.2, -0.15) is 5.10 Å². The van der Waals surface area contributed by atoms with Crippen LogP contribution in [-0.2, 0) is 33.9 Å². The van der Waals surface area contributed by atoms with Crippen molar-refractivity contribution in [3.8, 4) is 0 Å². The van der Waals surface area contributed by atoms with E-state index in [9.17, 15) is 37.2 Å². The summed E-state index contributed by atoms with van der Waals surface area (Å²) in [5, 5.41) is 15.1. The molecule has 1 aliphatic heterocycles. The molecule has 1 fully saturated rings. The lowest BCUT2D eigenvalue weighted by Crippen LogP contribution is -2.54. The van der Waals surface area contributed by atoms with E-state index in [-0.39, 0.29) is 36.4 Å². The van der Waals surface area contributed by atoms with Gasteiger partial charge in [0.25, 0.3) is 5.91 Å². The molecule has 2 unspecified atom stereocenters. The lowest BCUT2D eigenvalue weighted by Gasteiger charge is -2.29. The summed E-state index contributed by atoms with van der Waals surface area (Å²) in [5.74, 6) is -3.39. The lowest BCUT2D eigenvalue weighted by atomic mass is 9.93. The van der Waals surface area contributed by atoms with E-state index in [0.29, 0.717) is 12.0 Å². The number of nitrogens with one attached hydrogen (secondary N) is 6. The molecule has 0 bridgehead atoms. The number of hydrogen-bond acceptors (Lipinski definition) is 10. The van der Waals surface area contributed by atoms with Crippen LogP contribution in [0, 0.1) is 0 Å². The normalized spacial score (nSPS) is 16.1. The van der Waals surface area contributed by atoms with Crippen molar-refractivity contribution >= 4 is 51.4 Å². The second kappa shape index (κ2) is 23.3. The number of likely N-dealkylation sites (tertiary alicyclic amines) is 1. The molecule has 5 rings (SSSR count). The Morgan fingerprint density at radius 1 is 0.788 bits per heavy atom. The van der Waals surface area contributed by atoms with E-state index >= 15 is 0 Å². The number of hydrogen-bond donors (Lipinski definition) is 6. The number of nitrogens with zero attached hydrogens (tertiary/aromatic N) is 2. The average Bonchev–Trinajstić information content (AvgIpc) is 3.73. The van der Waals surface area contributed by atoms with Gasteiger partial charge in [0.15, 0.2) is 5.78 Å². The number of ether oxygens (including phenoxy) is 1. The topological polar surface area (TPSA) is 234 Å². The molecule has 1 aliphatic rings. The van der Waals surface area contributed by atoms with Crippen molar-refractivity contribution in [3.05, 3.63) is 138 Å². The van der Waals surface area contributed by atoms with Crippen LogP contribution in [0.25, 0.3) is 0 Å². The molecule has 6 N–H and O–H groups in total. The fourth-order valence-electron chi connectivity index (χ4n) is 7.42. The van der Waals surface area contributed by atoms with Crippen molar-refractivity contribution in [3.63, 3.8) is 0 Å². The number of hydrazone groups is 1. The SMILES string of the molecule is CCC[C@H](NC(=O)C1C[C@@H](NS(=O)(=O)c2ccccc2)CN1C(=O)OC(C)(C)C)C(=NNC(=O)NC(c1ccccc1)c1ccccc1)C(=O)NCC(=O)CC(C(=O)NC)c1ccccc1. The number of benzene rings is 4. The standard InChI is InChI=1S/C48H58N8O9S/c1-6-19-39(51-44(59)40-28-35(31-56(40)47(62)65-48(2,3)4)55-66(63,64)37-26-17-10-18-27-37)42(45(60)50-30-36(57)29-38(43(58)49-5)32-20-11-7-12-21-32)53-54-46(61)52-41(33-22-13-8-14-23-33)34-24-15-9-16-25-34/h7-18,20-27,35,38-41,55H,6,19,28-31H2,1-5H3,(H,49,58)(H,50,60)(H,51,59)(H2,52,54,61)/t35-,38?,39+,40?/m1/s1. The smallest absolute Gasteiger partial charge is 0.411 e. The van der Waals surface area contributed by atoms with E-state index in [1.807, 2.05) is 60.7 Å². The number of Topliss-reactive ketones (excluding diaryl/α,β-unsaturated/α-hetero) is 1.